The van der Waals surface area contributed by atoms with E-state index < -0.39 is 0 Å². The quantitative estimate of drug-likeness (QED) is 0.629. The van der Waals surface area contributed by atoms with Crippen LogP contribution < -0.4 is 0 Å². The Kier molecular flexibility index (Phi) is 6.62. The van der Waals surface area contributed by atoms with E-state index in [1.807, 2.05) is 0 Å². The third-order valence-electron chi connectivity index (χ3n) is 6.29. The summed E-state index contributed by atoms with van der Waals surface area (Å²) in [4.78, 5) is 2.68. The van der Waals surface area contributed by atoms with E-state index in [0.29, 0.717) is 5.92 Å². The molecule has 1 aliphatic rings. The molecule has 0 amide bonds. The molecule has 1 fully saturated rings. The Morgan fingerprint density at radius 3 is 2.07 bits per heavy atom. The van der Waals surface area contributed by atoms with E-state index in [1.165, 1.54) is 60.3 Å². The minimum Gasteiger partial charge on any atom is -0.320 e. The molecule has 2 aromatic carbocycles. The van der Waals surface area contributed by atoms with Gasteiger partial charge in [-0.05, 0) is 28.9 Å². The number of nitrogens with zero attached hydrogens (tertiary/aromatic N) is 2. The summed E-state index contributed by atoms with van der Waals surface area (Å²) in [5.41, 5.74) is 4.60. The lowest BCUT2D eigenvalue weighted by atomic mass is 9.86. The van der Waals surface area contributed by atoms with Gasteiger partial charge >= 0.3 is 0 Å². The molecule has 1 atom stereocenters. The van der Waals surface area contributed by atoms with Crippen molar-refractivity contribution in [2.45, 2.75) is 46.1 Å². The predicted molar refractivity (Wildman–Crippen MR) is 121 cm³/mol. The first-order valence-electron chi connectivity index (χ1n) is 10.9. The Hall–Kier alpha value is -1.64. The van der Waals surface area contributed by atoms with Crippen LogP contribution in [0, 0.1) is 5.92 Å². The van der Waals surface area contributed by atoms with E-state index >= 15 is 0 Å². The monoisotopic (exact) mass is 379 g/mol. The van der Waals surface area contributed by atoms with Crippen LogP contribution in [0.3, 0.4) is 0 Å². The second kappa shape index (κ2) is 8.80. The van der Waals surface area contributed by atoms with Crippen molar-refractivity contribution >= 4 is 0 Å². The molecule has 1 aliphatic heterocycles. The molecule has 1 unspecified atom stereocenters. The van der Waals surface area contributed by atoms with Crippen LogP contribution in [0.4, 0.5) is 0 Å². The van der Waals surface area contributed by atoms with Gasteiger partial charge in [0.15, 0.2) is 0 Å². The van der Waals surface area contributed by atoms with Crippen LogP contribution in [0.1, 0.15) is 44.4 Å². The Morgan fingerprint density at radius 1 is 0.893 bits per heavy atom. The predicted octanol–water partition coefficient (Wildman–Crippen LogP) is 5.13. The van der Waals surface area contributed by atoms with Crippen LogP contribution in [0.25, 0.3) is 0 Å². The van der Waals surface area contributed by atoms with Crippen molar-refractivity contribution in [1.82, 2.24) is 4.90 Å². The first-order valence-corrected chi connectivity index (χ1v) is 10.9. The van der Waals surface area contributed by atoms with Gasteiger partial charge in [-0.15, -0.1) is 0 Å². The highest BCUT2D eigenvalue weighted by Crippen LogP contribution is 2.23. The van der Waals surface area contributed by atoms with Gasteiger partial charge in [-0.25, -0.2) is 0 Å². The van der Waals surface area contributed by atoms with Crippen LogP contribution in [0.5, 0.6) is 0 Å². The van der Waals surface area contributed by atoms with Gasteiger partial charge in [0.1, 0.15) is 6.54 Å². The molecule has 28 heavy (non-hydrogen) atoms. The van der Waals surface area contributed by atoms with E-state index in [1.54, 1.807) is 0 Å². The number of quaternary nitrogens is 1. The Labute approximate surface area is 172 Å². The number of piperazine rings is 1. The molecule has 0 saturated carbocycles. The molecule has 1 saturated heterocycles. The highest BCUT2D eigenvalue weighted by atomic mass is 15.4. The number of benzene rings is 2. The van der Waals surface area contributed by atoms with E-state index in [4.69, 9.17) is 0 Å². The summed E-state index contributed by atoms with van der Waals surface area (Å²) in [6.45, 7) is 16.6. The minimum atomic E-state index is 0.239. The van der Waals surface area contributed by atoms with Gasteiger partial charge in [0.2, 0.25) is 0 Å². The number of hydrogen-bond donors (Lipinski definition) is 0. The van der Waals surface area contributed by atoms with Crippen LogP contribution >= 0.6 is 0 Å². The fourth-order valence-electron chi connectivity index (χ4n) is 4.40. The van der Waals surface area contributed by atoms with Crippen molar-refractivity contribution < 1.29 is 4.48 Å². The van der Waals surface area contributed by atoms with Crippen molar-refractivity contribution in [3.63, 3.8) is 0 Å². The summed E-state index contributed by atoms with van der Waals surface area (Å²) in [6, 6.07) is 20.3. The van der Waals surface area contributed by atoms with Crippen LogP contribution in [0.15, 0.2) is 54.6 Å². The minimum absolute atomic E-state index is 0.239. The van der Waals surface area contributed by atoms with Gasteiger partial charge in [0, 0.05) is 25.2 Å². The van der Waals surface area contributed by atoms with Crippen molar-refractivity contribution in [2.24, 2.45) is 5.92 Å². The summed E-state index contributed by atoms with van der Waals surface area (Å²) >= 11 is 0. The average molecular weight is 380 g/mol. The maximum Gasteiger partial charge on any atom is 0.104 e. The SMILES string of the molecule is CC(Cc1ccc(C(C)(C)C)cc1)CN1CC[N+](C)(Cc2ccccc2)CC1. The number of rotatable bonds is 6. The molecule has 1 heterocycles. The molecular weight excluding hydrogens is 340 g/mol. The summed E-state index contributed by atoms with van der Waals surface area (Å²) in [5, 5.41) is 0. The zero-order valence-electron chi connectivity index (χ0n) is 18.6. The molecule has 2 heteroatoms. The van der Waals surface area contributed by atoms with Crippen molar-refractivity contribution in [1.29, 1.82) is 0 Å². The van der Waals surface area contributed by atoms with Gasteiger partial charge in [-0.3, -0.25) is 4.90 Å². The topological polar surface area (TPSA) is 3.24 Å². The van der Waals surface area contributed by atoms with Gasteiger partial charge in [-0.1, -0.05) is 82.3 Å². The molecule has 0 spiro atoms. The number of hydrogen-bond acceptors (Lipinski definition) is 1. The maximum atomic E-state index is 2.68. The third-order valence-corrected chi connectivity index (χ3v) is 6.29. The fraction of sp³-hybridized carbons (Fsp3) is 0.538. The normalized spacial score (nSPS) is 18.8. The molecule has 0 aliphatic carbocycles. The summed E-state index contributed by atoms with van der Waals surface area (Å²) in [6.07, 6.45) is 1.18. The zero-order chi connectivity index (χ0) is 20.2. The van der Waals surface area contributed by atoms with Crippen LogP contribution in [-0.4, -0.2) is 49.2 Å². The van der Waals surface area contributed by atoms with Crippen molar-refractivity contribution in [3.05, 3.63) is 71.3 Å². The third kappa shape index (κ3) is 5.93. The fourth-order valence-corrected chi connectivity index (χ4v) is 4.40. The lowest BCUT2D eigenvalue weighted by Crippen LogP contribution is -2.57. The average Bonchev–Trinajstić information content (AvgIpc) is 2.64. The Bertz CT molecular complexity index is 719. The summed E-state index contributed by atoms with van der Waals surface area (Å²) < 4.78 is 1.17. The van der Waals surface area contributed by atoms with E-state index in [2.05, 4.69) is 94.2 Å². The van der Waals surface area contributed by atoms with Crippen LogP contribution in [0.2, 0.25) is 0 Å². The lowest BCUT2D eigenvalue weighted by Gasteiger charge is -2.42. The first kappa shape index (κ1) is 21.1. The van der Waals surface area contributed by atoms with Gasteiger partial charge in [-0.2, -0.15) is 0 Å². The molecule has 0 bridgehead atoms. The first-order chi connectivity index (χ1) is 13.2. The largest absolute Gasteiger partial charge is 0.320 e. The van der Waals surface area contributed by atoms with E-state index in [0.717, 1.165) is 6.54 Å². The molecule has 0 aromatic heterocycles. The molecule has 152 valence electrons. The molecule has 0 radical (unpaired) electrons. The molecular formula is C26H39N2+. The van der Waals surface area contributed by atoms with Gasteiger partial charge in [0.05, 0.1) is 20.1 Å². The van der Waals surface area contributed by atoms with Crippen molar-refractivity contribution in [2.75, 3.05) is 39.8 Å². The standard InChI is InChI=1S/C26H39N2/c1-22(19-23-11-13-25(14-12-23)26(2,3)4)20-27-15-17-28(5,18-16-27)21-24-9-7-6-8-10-24/h6-14,22H,15-21H2,1-5H3/q+1. The Balaban J connectivity index is 1.46. The maximum absolute atomic E-state index is 2.68. The lowest BCUT2D eigenvalue weighted by molar-refractivity contribution is -0.926. The molecule has 0 N–H and O–H groups in total. The smallest absolute Gasteiger partial charge is 0.104 e. The number of likely N-dealkylation sites (N-methyl/N-ethyl adjacent to an activating group) is 1. The highest BCUT2D eigenvalue weighted by Gasteiger charge is 2.29. The summed E-state index contributed by atoms with van der Waals surface area (Å²) in [5.74, 6) is 0.700. The van der Waals surface area contributed by atoms with E-state index in [-0.39, 0.29) is 5.41 Å². The molecule has 2 aromatic rings. The second-order valence-electron chi connectivity index (χ2n) is 10.3. The highest BCUT2D eigenvalue weighted by molar-refractivity contribution is 5.27. The van der Waals surface area contributed by atoms with Gasteiger partial charge < -0.3 is 4.48 Å². The van der Waals surface area contributed by atoms with E-state index in [9.17, 15) is 0 Å². The molecule has 2 nitrogen and oxygen atoms in total. The molecule has 3 rings (SSSR count). The van der Waals surface area contributed by atoms with Crippen molar-refractivity contribution in [3.8, 4) is 0 Å². The second-order valence-corrected chi connectivity index (χ2v) is 10.3. The van der Waals surface area contributed by atoms with Crippen LogP contribution in [-0.2, 0) is 18.4 Å². The van der Waals surface area contributed by atoms with Gasteiger partial charge in [0.25, 0.3) is 0 Å². The summed E-state index contributed by atoms with van der Waals surface area (Å²) in [7, 11) is 2.42. The zero-order valence-corrected chi connectivity index (χ0v) is 18.6. The Morgan fingerprint density at radius 2 is 1.50 bits per heavy atom.